The highest BCUT2D eigenvalue weighted by molar-refractivity contribution is 5.92. The van der Waals surface area contributed by atoms with Gasteiger partial charge >= 0.3 is 0 Å². The van der Waals surface area contributed by atoms with Crippen LogP contribution in [0.1, 0.15) is 50.5 Å². The Morgan fingerprint density at radius 2 is 1.77 bits per heavy atom. The molecule has 0 aromatic heterocycles. The summed E-state index contributed by atoms with van der Waals surface area (Å²) < 4.78 is 10.6. The lowest BCUT2D eigenvalue weighted by atomic mass is 9.86. The van der Waals surface area contributed by atoms with Crippen LogP contribution in [-0.4, -0.2) is 20.1 Å². The molecule has 22 heavy (non-hydrogen) atoms. The molecule has 0 unspecified atom stereocenters. The largest absolute Gasteiger partial charge is 0.493 e. The second-order valence-electron chi connectivity index (χ2n) is 6.11. The van der Waals surface area contributed by atoms with Gasteiger partial charge in [-0.15, -0.1) is 0 Å². The zero-order valence-corrected chi connectivity index (χ0v) is 13.9. The molecule has 0 spiro atoms. The molecule has 1 fully saturated rings. The highest BCUT2D eigenvalue weighted by Gasteiger charge is 2.16. The maximum absolute atomic E-state index is 12.2. The lowest BCUT2D eigenvalue weighted by Gasteiger charge is -2.21. The Morgan fingerprint density at radius 1 is 1.14 bits per heavy atom. The quantitative estimate of drug-likeness (QED) is 0.852. The summed E-state index contributed by atoms with van der Waals surface area (Å²) in [5, 5.41) is 3.00. The van der Waals surface area contributed by atoms with Gasteiger partial charge in [0, 0.05) is 18.2 Å². The zero-order chi connectivity index (χ0) is 15.9. The van der Waals surface area contributed by atoms with Crippen molar-refractivity contribution < 1.29 is 14.3 Å². The molecule has 1 aromatic rings. The first-order valence-electron chi connectivity index (χ1n) is 8.16. The van der Waals surface area contributed by atoms with E-state index in [0.29, 0.717) is 17.9 Å². The van der Waals surface area contributed by atoms with E-state index in [2.05, 4.69) is 5.32 Å². The lowest BCUT2D eigenvalue weighted by molar-refractivity contribution is -0.116. The molecule has 4 heteroatoms. The molecule has 1 aliphatic carbocycles. The number of rotatable bonds is 6. The Kier molecular flexibility index (Phi) is 6.10. The van der Waals surface area contributed by atoms with Crippen molar-refractivity contribution in [2.45, 2.75) is 51.9 Å². The van der Waals surface area contributed by atoms with Gasteiger partial charge in [-0.3, -0.25) is 4.79 Å². The molecule has 0 bridgehead atoms. The molecule has 1 aliphatic rings. The van der Waals surface area contributed by atoms with E-state index in [9.17, 15) is 4.79 Å². The molecule has 2 rings (SSSR count). The average Bonchev–Trinajstić information content (AvgIpc) is 2.55. The van der Waals surface area contributed by atoms with Gasteiger partial charge in [0.05, 0.1) is 14.2 Å². The second kappa shape index (κ2) is 8.06. The number of carbonyl (C=O) groups excluding carboxylic acids is 1. The van der Waals surface area contributed by atoms with E-state index in [0.717, 1.165) is 23.6 Å². The number of ether oxygens (including phenoxy) is 2. The van der Waals surface area contributed by atoms with Crippen molar-refractivity contribution in [2.24, 2.45) is 5.92 Å². The van der Waals surface area contributed by atoms with Crippen LogP contribution < -0.4 is 14.8 Å². The molecule has 1 saturated carbocycles. The number of benzene rings is 1. The van der Waals surface area contributed by atoms with E-state index in [-0.39, 0.29) is 5.91 Å². The molecule has 1 amide bonds. The predicted octanol–water partition coefficient (Wildman–Crippen LogP) is 4.31. The SMILES string of the molecule is COc1cc(C)c(NC(=O)CCC2CCCCC2)cc1OC. The molecular formula is C18H27NO3. The number of hydrogen-bond acceptors (Lipinski definition) is 3. The van der Waals surface area contributed by atoms with Crippen LogP contribution in [0.15, 0.2) is 12.1 Å². The normalized spacial score (nSPS) is 15.4. The van der Waals surface area contributed by atoms with Gasteiger partial charge in [-0.2, -0.15) is 0 Å². The molecule has 122 valence electrons. The van der Waals surface area contributed by atoms with Gasteiger partial charge in [0.25, 0.3) is 0 Å². The Morgan fingerprint density at radius 3 is 2.41 bits per heavy atom. The minimum absolute atomic E-state index is 0.0842. The summed E-state index contributed by atoms with van der Waals surface area (Å²) in [5.74, 6) is 2.13. The third-order valence-electron chi connectivity index (χ3n) is 4.51. The first kappa shape index (κ1) is 16.7. The Labute approximate surface area is 133 Å². The number of nitrogens with one attached hydrogen (secondary N) is 1. The molecule has 0 aliphatic heterocycles. The Hall–Kier alpha value is -1.71. The van der Waals surface area contributed by atoms with E-state index in [1.807, 2.05) is 19.1 Å². The minimum atomic E-state index is 0.0842. The molecule has 1 N–H and O–H groups in total. The fraction of sp³-hybridized carbons (Fsp3) is 0.611. The first-order valence-corrected chi connectivity index (χ1v) is 8.16. The van der Waals surface area contributed by atoms with E-state index in [4.69, 9.17) is 9.47 Å². The molecule has 0 saturated heterocycles. The van der Waals surface area contributed by atoms with E-state index in [1.165, 1.54) is 32.1 Å². The van der Waals surface area contributed by atoms with Gasteiger partial charge in [0.2, 0.25) is 5.91 Å². The molecule has 0 atom stereocenters. The van der Waals surface area contributed by atoms with Gasteiger partial charge in [-0.25, -0.2) is 0 Å². The Balaban J connectivity index is 1.93. The van der Waals surface area contributed by atoms with Crippen LogP contribution in [-0.2, 0) is 4.79 Å². The molecule has 1 aromatic carbocycles. The third kappa shape index (κ3) is 4.39. The van der Waals surface area contributed by atoms with Crippen molar-refractivity contribution in [3.05, 3.63) is 17.7 Å². The van der Waals surface area contributed by atoms with Crippen molar-refractivity contribution in [2.75, 3.05) is 19.5 Å². The van der Waals surface area contributed by atoms with Crippen molar-refractivity contribution in [1.82, 2.24) is 0 Å². The number of hydrogen-bond donors (Lipinski definition) is 1. The van der Waals surface area contributed by atoms with E-state index >= 15 is 0 Å². The number of aryl methyl sites for hydroxylation is 1. The molecule has 4 nitrogen and oxygen atoms in total. The van der Waals surface area contributed by atoms with Crippen molar-refractivity contribution in [3.8, 4) is 11.5 Å². The smallest absolute Gasteiger partial charge is 0.224 e. The standard InChI is InChI=1S/C18H27NO3/c1-13-11-16(21-2)17(22-3)12-15(13)19-18(20)10-9-14-7-5-4-6-8-14/h11-12,14H,4-10H2,1-3H3,(H,19,20). The lowest BCUT2D eigenvalue weighted by Crippen LogP contribution is -2.15. The molecule has 0 radical (unpaired) electrons. The molecule has 0 heterocycles. The fourth-order valence-corrected chi connectivity index (χ4v) is 3.14. The predicted molar refractivity (Wildman–Crippen MR) is 88.7 cm³/mol. The van der Waals surface area contributed by atoms with E-state index in [1.54, 1.807) is 14.2 Å². The van der Waals surface area contributed by atoms with Crippen LogP contribution in [0, 0.1) is 12.8 Å². The second-order valence-corrected chi connectivity index (χ2v) is 6.11. The summed E-state index contributed by atoms with van der Waals surface area (Å²) in [7, 11) is 3.21. The number of carbonyl (C=O) groups is 1. The van der Waals surface area contributed by atoms with Gasteiger partial charge in [-0.1, -0.05) is 32.1 Å². The monoisotopic (exact) mass is 305 g/mol. The summed E-state index contributed by atoms with van der Waals surface area (Å²) in [5.41, 5.74) is 1.77. The highest BCUT2D eigenvalue weighted by atomic mass is 16.5. The maximum atomic E-state index is 12.2. The highest BCUT2D eigenvalue weighted by Crippen LogP contribution is 2.33. The average molecular weight is 305 g/mol. The zero-order valence-electron chi connectivity index (χ0n) is 13.9. The van der Waals surface area contributed by atoms with E-state index < -0.39 is 0 Å². The van der Waals surface area contributed by atoms with Gasteiger partial charge in [0.15, 0.2) is 11.5 Å². The summed E-state index contributed by atoms with van der Waals surface area (Å²) in [4.78, 5) is 12.2. The van der Waals surface area contributed by atoms with Crippen LogP contribution in [0.5, 0.6) is 11.5 Å². The van der Waals surface area contributed by atoms with Crippen LogP contribution in [0.4, 0.5) is 5.69 Å². The van der Waals surface area contributed by atoms with Crippen molar-refractivity contribution >= 4 is 11.6 Å². The van der Waals surface area contributed by atoms with Crippen LogP contribution in [0.3, 0.4) is 0 Å². The van der Waals surface area contributed by atoms with Crippen LogP contribution in [0.2, 0.25) is 0 Å². The third-order valence-corrected chi connectivity index (χ3v) is 4.51. The molecular weight excluding hydrogens is 278 g/mol. The Bertz CT molecular complexity index is 507. The number of anilines is 1. The van der Waals surface area contributed by atoms with Crippen LogP contribution >= 0.6 is 0 Å². The first-order chi connectivity index (χ1) is 10.6. The topological polar surface area (TPSA) is 47.6 Å². The summed E-state index contributed by atoms with van der Waals surface area (Å²) in [6.07, 6.45) is 8.15. The van der Waals surface area contributed by atoms with Gasteiger partial charge in [0.1, 0.15) is 0 Å². The summed E-state index contributed by atoms with van der Waals surface area (Å²) >= 11 is 0. The summed E-state index contributed by atoms with van der Waals surface area (Å²) in [6.45, 7) is 1.96. The fourth-order valence-electron chi connectivity index (χ4n) is 3.14. The van der Waals surface area contributed by atoms with Crippen molar-refractivity contribution in [3.63, 3.8) is 0 Å². The van der Waals surface area contributed by atoms with Crippen molar-refractivity contribution in [1.29, 1.82) is 0 Å². The van der Waals surface area contributed by atoms with Gasteiger partial charge < -0.3 is 14.8 Å². The number of amides is 1. The maximum Gasteiger partial charge on any atom is 0.224 e. The minimum Gasteiger partial charge on any atom is -0.493 e. The summed E-state index contributed by atoms with van der Waals surface area (Å²) in [6, 6.07) is 3.71. The van der Waals surface area contributed by atoms with Crippen LogP contribution in [0.25, 0.3) is 0 Å². The van der Waals surface area contributed by atoms with Gasteiger partial charge in [-0.05, 0) is 30.9 Å². The number of methoxy groups -OCH3 is 2.